The van der Waals surface area contributed by atoms with Crippen LogP contribution >= 0.6 is 0 Å². The van der Waals surface area contributed by atoms with Crippen LogP contribution in [0, 0.1) is 0 Å². The largest absolute Gasteiger partial charge is 0.478 e. The molecular formula is C8H12O6. The Kier molecular flexibility index (Phi) is 5.50. The van der Waals surface area contributed by atoms with E-state index in [0.717, 1.165) is 0 Å². The van der Waals surface area contributed by atoms with Gasteiger partial charge in [-0.1, -0.05) is 0 Å². The third-order valence-corrected chi connectivity index (χ3v) is 1.49. The highest BCUT2D eigenvalue weighted by atomic mass is 16.4. The summed E-state index contributed by atoms with van der Waals surface area (Å²) in [5.41, 5.74) is -0.390. The van der Waals surface area contributed by atoms with Gasteiger partial charge >= 0.3 is 11.9 Å². The third kappa shape index (κ3) is 5.28. The Balaban J connectivity index is 4.38. The summed E-state index contributed by atoms with van der Waals surface area (Å²) < 4.78 is 0. The van der Waals surface area contributed by atoms with E-state index in [1.165, 1.54) is 0 Å². The summed E-state index contributed by atoms with van der Waals surface area (Å²) in [6.45, 7) is -0.277. The number of rotatable bonds is 6. The Hall–Kier alpha value is -1.40. The lowest BCUT2D eigenvalue weighted by molar-refractivity contribution is -0.135. The number of aliphatic hydroxyl groups excluding tert-OH is 2. The monoisotopic (exact) mass is 204 g/mol. The van der Waals surface area contributed by atoms with Crippen LogP contribution in [0.1, 0.15) is 12.8 Å². The third-order valence-electron chi connectivity index (χ3n) is 1.49. The summed E-state index contributed by atoms with van der Waals surface area (Å²) >= 11 is 0. The fraction of sp³-hybridized carbons (Fsp3) is 0.500. The van der Waals surface area contributed by atoms with Crippen molar-refractivity contribution in [2.24, 2.45) is 0 Å². The van der Waals surface area contributed by atoms with Crippen molar-refractivity contribution in [3.8, 4) is 0 Å². The Morgan fingerprint density at radius 2 is 1.86 bits per heavy atom. The van der Waals surface area contributed by atoms with E-state index in [1.807, 2.05) is 0 Å². The highest BCUT2D eigenvalue weighted by Gasteiger charge is 2.14. The molecular weight excluding hydrogens is 192 g/mol. The van der Waals surface area contributed by atoms with Crippen LogP contribution in [-0.2, 0) is 9.59 Å². The number of carbonyl (C=O) groups is 2. The molecule has 0 radical (unpaired) electrons. The molecule has 0 heterocycles. The minimum Gasteiger partial charge on any atom is -0.478 e. The molecule has 0 saturated carbocycles. The van der Waals surface area contributed by atoms with Crippen LogP contribution < -0.4 is 0 Å². The lowest BCUT2D eigenvalue weighted by atomic mass is 10.1. The second kappa shape index (κ2) is 6.11. The number of carboxylic acid groups (broad SMARTS) is 2. The van der Waals surface area contributed by atoms with Crippen molar-refractivity contribution in [3.63, 3.8) is 0 Å². The topological polar surface area (TPSA) is 115 Å². The Morgan fingerprint density at radius 1 is 1.29 bits per heavy atom. The molecule has 0 amide bonds. The zero-order chi connectivity index (χ0) is 11.1. The molecule has 0 rings (SSSR count). The van der Waals surface area contributed by atoms with Crippen LogP contribution in [-0.4, -0.2) is 45.1 Å². The molecule has 0 aliphatic rings. The molecule has 80 valence electrons. The molecule has 0 aliphatic carbocycles. The van der Waals surface area contributed by atoms with Gasteiger partial charge in [0.15, 0.2) is 0 Å². The summed E-state index contributed by atoms with van der Waals surface area (Å²) in [6, 6.07) is 0. The standard InChI is InChI=1S/C8H12O6/c9-2-1-6(10)3-5(8(13)14)4-7(11)12/h4,6,9-10H,1-3H2,(H,11,12)(H,13,14). The zero-order valence-corrected chi connectivity index (χ0v) is 7.38. The first-order chi connectivity index (χ1) is 6.47. The lowest BCUT2D eigenvalue weighted by Gasteiger charge is -2.08. The summed E-state index contributed by atoms with van der Waals surface area (Å²) in [6.07, 6.45) is -0.781. The highest BCUT2D eigenvalue weighted by molar-refractivity contribution is 5.94. The molecule has 0 aromatic rings. The molecule has 1 atom stereocenters. The van der Waals surface area contributed by atoms with Crippen LogP contribution in [0.4, 0.5) is 0 Å². The van der Waals surface area contributed by atoms with Gasteiger partial charge in [0, 0.05) is 24.7 Å². The second-order valence-corrected chi connectivity index (χ2v) is 2.68. The molecule has 0 fully saturated rings. The quantitative estimate of drug-likeness (QED) is 0.422. The Morgan fingerprint density at radius 3 is 2.21 bits per heavy atom. The van der Waals surface area contributed by atoms with Gasteiger partial charge in [0.25, 0.3) is 0 Å². The normalized spacial score (nSPS) is 13.7. The molecule has 0 aromatic carbocycles. The lowest BCUT2D eigenvalue weighted by Crippen LogP contribution is -2.15. The molecule has 6 heteroatoms. The number of aliphatic hydroxyl groups is 2. The molecule has 0 aliphatic heterocycles. The van der Waals surface area contributed by atoms with Crippen LogP contribution in [0.25, 0.3) is 0 Å². The maximum Gasteiger partial charge on any atom is 0.331 e. The maximum absolute atomic E-state index is 10.5. The van der Waals surface area contributed by atoms with Crippen molar-refractivity contribution in [2.45, 2.75) is 18.9 Å². The van der Waals surface area contributed by atoms with Gasteiger partial charge in [0.1, 0.15) is 0 Å². The fourth-order valence-electron chi connectivity index (χ4n) is 0.862. The minimum atomic E-state index is -1.38. The summed E-state index contributed by atoms with van der Waals surface area (Å²) in [5.74, 6) is -2.76. The van der Waals surface area contributed by atoms with Crippen LogP contribution in [0.15, 0.2) is 11.6 Å². The Labute approximate surface area is 80.1 Å². The summed E-state index contributed by atoms with van der Waals surface area (Å²) in [7, 11) is 0. The maximum atomic E-state index is 10.5. The SMILES string of the molecule is O=C(O)C=C(CC(O)CCO)C(=O)O. The van der Waals surface area contributed by atoms with E-state index in [-0.39, 0.29) is 19.4 Å². The van der Waals surface area contributed by atoms with E-state index in [2.05, 4.69) is 0 Å². The van der Waals surface area contributed by atoms with Gasteiger partial charge in [0.2, 0.25) is 0 Å². The molecule has 0 aromatic heterocycles. The predicted molar refractivity (Wildman–Crippen MR) is 45.7 cm³/mol. The smallest absolute Gasteiger partial charge is 0.331 e. The van der Waals surface area contributed by atoms with Gasteiger partial charge in [-0.2, -0.15) is 0 Å². The van der Waals surface area contributed by atoms with Gasteiger partial charge in [0.05, 0.1) is 6.10 Å². The van der Waals surface area contributed by atoms with Gasteiger partial charge in [-0.05, 0) is 6.42 Å². The summed E-state index contributed by atoms with van der Waals surface area (Å²) in [4.78, 5) is 20.7. The molecule has 1 unspecified atom stereocenters. The van der Waals surface area contributed by atoms with Crippen molar-refractivity contribution < 1.29 is 30.0 Å². The van der Waals surface area contributed by atoms with Crippen LogP contribution in [0.5, 0.6) is 0 Å². The molecule has 4 N–H and O–H groups in total. The number of hydrogen-bond acceptors (Lipinski definition) is 4. The molecule has 6 nitrogen and oxygen atoms in total. The zero-order valence-electron chi connectivity index (χ0n) is 7.38. The van der Waals surface area contributed by atoms with Gasteiger partial charge in [-0.3, -0.25) is 0 Å². The number of hydrogen-bond donors (Lipinski definition) is 4. The molecule has 0 saturated heterocycles. The molecule has 14 heavy (non-hydrogen) atoms. The second-order valence-electron chi connectivity index (χ2n) is 2.68. The molecule has 0 bridgehead atoms. The number of carboxylic acids is 2. The van der Waals surface area contributed by atoms with Crippen molar-refractivity contribution in [2.75, 3.05) is 6.61 Å². The van der Waals surface area contributed by atoms with Crippen molar-refractivity contribution in [1.82, 2.24) is 0 Å². The van der Waals surface area contributed by atoms with E-state index in [1.54, 1.807) is 0 Å². The van der Waals surface area contributed by atoms with E-state index < -0.39 is 23.6 Å². The molecule has 0 spiro atoms. The van der Waals surface area contributed by atoms with Crippen LogP contribution in [0.3, 0.4) is 0 Å². The highest BCUT2D eigenvalue weighted by Crippen LogP contribution is 2.08. The van der Waals surface area contributed by atoms with E-state index in [0.29, 0.717) is 6.08 Å². The van der Waals surface area contributed by atoms with Gasteiger partial charge in [-0.25, -0.2) is 9.59 Å². The first-order valence-electron chi connectivity index (χ1n) is 3.93. The van der Waals surface area contributed by atoms with Crippen molar-refractivity contribution in [3.05, 3.63) is 11.6 Å². The van der Waals surface area contributed by atoms with Crippen LogP contribution in [0.2, 0.25) is 0 Å². The van der Waals surface area contributed by atoms with Gasteiger partial charge < -0.3 is 20.4 Å². The fourth-order valence-corrected chi connectivity index (χ4v) is 0.862. The number of aliphatic carboxylic acids is 2. The van der Waals surface area contributed by atoms with Crippen molar-refractivity contribution >= 4 is 11.9 Å². The van der Waals surface area contributed by atoms with Gasteiger partial charge in [-0.15, -0.1) is 0 Å². The average Bonchev–Trinajstić information content (AvgIpc) is 2.02. The van der Waals surface area contributed by atoms with E-state index in [9.17, 15) is 9.59 Å². The van der Waals surface area contributed by atoms with E-state index >= 15 is 0 Å². The first kappa shape index (κ1) is 12.6. The van der Waals surface area contributed by atoms with Crippen molar-refractivity contribution in [1.29, 1.82) is 0 Å². The minimum absolute atomic E-state index is 0.0181. The first-order valence-corrected chi connectivity index (χ1v) is 3.93. The Bertz CT molecular complexity index is 244. The predicted octanol–water partition coefficient (Wildman–Crippen LogP) is -0.785. The van der Waals surface area contributed by atoms with E-state index in [4.69, 9.17) is 20.4 Å². The average molecular weight is 204 g/mol. The summed E-state index contributed by atoms with van der Waals surface area (Å²) in [5, 5.41) is 34.4.